The molecular formula is C15H23NO. The van der Waals surface area contributed by atoms with Gasteiger partial charge in [0.25, 0.3) is 0 Å². The molecule has 0 radical (unpaired) electrons. The van der Waals surface area contributed by atoms with Crippen LogP contribution in [0, 0.1) is 0 Å². The van der Waals surface area contributed by atoms with Gasteiger partial charge in [-0.25, -0.2) is 0 Å². The number of aryl methyl sites for hydroxylation is 1. The molecule has 1 fully saturated rings. The molecule has 0 amide bonds. The fourth-order valence-electron chi connectivity index (χ4n) is 1.87. The number of hydrogen-bond acceptors (Lipinski definition) is 2. The van der Waals surface area contributed by atoms with Crippen molar-refractivity contribution in [3.8, 4) is 5.75 Å². The molecule has 94 valence electrons. The maximum absolute atomic E-state index is 5.88. The Hall–Kier alpha value is -1.02. The van der Waals surface area contributed by atoms with E-state index in [0.29, 0.717) is 0 Å². The van der Waals surface area contributed by atoms with E-state index in [9.17, 15) is 0 Å². The minimum absolute atomic E-state index is 0.286. The predicted octanol–water partition coefficient (Wildman–Crippen LogP) is 3.16. The van der Waals surface area contributed by atoms with E-state index in [2.05, 4.69) is 43.4 Å². The molecule has 2 rings (SSSR count). The molecule has 17 heavy (non-hydrogen) atoms. The summed E-state index contributed by atoms with van der Waals surface area (Å²) in [5, 5.41) is 3.51. The van der Waals surface area contributed by atoms with E-state index in [1.54, 1.807) is 0 Å². The topological polar surface area (TPSA) is 21.3 Å². The van der Waals surface area contributed by atoms with Gasteiger partial charge in [0.1, 0.15) is 5.75 Å². The van der Waals surface area contributed by atoms with Crippen molar-refractivity contribution in [1.29, 1.82) is 0 Å². The van der Waals surface area contributed by atoms with Crippen LogP contribution in [0.1, 0.15) is 38.7 Å². The molecule has 1 N–H and O–H groups in total. The van der Waals surface area contributed by atoms with Crippen molar-refractivity contribution in [3.63, 3.8) is 0 Å². The first kappa shape index (κ1) is 12.4. The summed E-state index contributed by atoms with van der Waals surface area (Å²) in [4.78, 5) is 0. The Morgan fingerprint density at radius 2 is 2.00 bits per heavy atom. The van der Waals surface area contributed by atoms with Gasteiger partial charge in [-0.2, -0.15) is 0 Å². The molecule has 0 aromatic heterocycles. The van der Waals surface area contributed by atoms with Gasteiger partial charge in [-0.3, -0.25) is 0 Å². The van der Waals surface area contributed by atoms with Crippen molar-refractivity contribution < 1.29 is 4.74 Å². The van der Waals surface area contributed by atoms with Gasteiger partial charge >= 0.3 is 0 Å². The van der Waals surface area contributed by atoms with Gasteiger partial charge in [0.15, 0.2) is 0 Å². The van der Waals surface area contributed by atoms with Gasteiger partial charge in [0.05, 0.1) is 6.10 Å². The number of hydrogen-bond donors (Lipinski definition) is 1. The average molecular weight is 233 g/mol. The quantitative estimate of drug-likeness (QED) is 0.781. The first-order valence-electron chi connectivity index (χ1n) is 6.77. The SMILES string of the molecule is CCc1ccc(OC(C)CCNC2CC2)cc1. The third-order valence-electron chi connectivity index (χ3n) is 3.23. The predicted molar refractivity (Wildman–Crippen MR) is 71.6 cm³/mol. The van der Waals surface area contributed by atoms with Crippen LogP contribution in [-0.4, -0.2) is 18.7 Å². The zero-order valence-corrected chi connectivity index (χ0v) is 10.9. The molecule has 0 bridgehead atoms. The molecule has 1 aliphatic rings. The standard InChI is InChI=1S/C15H23NO/c1-3-13-4-8-15(9-5-13)17-12(2)10-11-16-14-6-7-14/h4-5,8-9,12,14,16H,3,6-7,10-11H2,1-2H3. The lowest BCUT2D eigenvalue weighted by atomic mass is 10.2. The van der Waals surface area contributed by atoms with Crippen molar-refractivity contribution in [2.24, 2.45) is 0 Å². The van der Waals surface area contributed by atoms with E-state index in [4.69, 9.17) is 4.74 Å². The number of ether oxygens (including phenoxy) is 1. The number of benzene rings is 1. The van der Waals surface area contributed by atoms with Gasteiger partial charge in [0.2, 0.25) is 0 Å². The van der Waals surface area contributed by atoms with Crippen LogP contribution < -0.4 is 10.1 Å². The Balaban J connectivity index is 1.70. The molecule has 1 atom stereocenters. The highest BCUT2D eigenvalue weighted by molar-refractivity contribution is 5.27. The molecule has 0 spiro atoms. The normalized spacial score (nSPS) is 16.8. The van der Waals surface area contributed by atoms with Crippen LogP contribution in [0.4, 0.5) is 0 Å². The molecule has 0 saturated heterocycles. The zero-order chi connectivity index (χ0) is 12.1. The summed E-state index contributed by atoms with van der Waals surface area (Å²) in [6, 6.07) is 9.23. The smallest absolute Gasteiger partial charge is 0.119 e. The minimum Gasteiger partial charge on any atom is -0.491 e. The molecule has 1 aromatic carbocycles. The monoisotopic (exact) mass is 233 g/mol. The van der Waals surface area contributed by atoms with Crippen molar-refractivity contribution in [2.75, 3.05) is 6.54 Å². The van der Waals surface area contributed by atoms with E-state index in [1.165, 1.54) is 18.4 Å². The largest absolute Gasteiger partial charge is 0.491 e. The van der Waals surface area contributed by atoms with Gasteiger partial charge in [-0.1, -0.05) is 19.1 Å². The number of rotatable bonds is 7. The molecule has 1 aromatic rings. The second kappa shape index (κ2) is 6.06. The van der Waals surface area contributed by atoms with Crippen LogP contribution >= 0.6 is 0 Å². The summed E-state index contributed by atoms with van der Waals surface area (Å²) in [5.74, 6) is 0.987. The Bertz CT molecular complexity index is 329. The van der Waals surface area contributed by atoms with E-state index in [-0.39, 0.29) is 6.10 Å². The lowest BCUT2D eigenvalue weighted by Gasteiger charge is -2.15. The highest BCUT2D eigenvalue weighted by Gasteiger charge is 2.20. The van der Waals surface area contributed by atoms with Gasteiger partial charge in [0, 0.05) is 6.04 Å². The summed E-state index contributed by atoms with van der Waals surface area (Å²) in [7, 11) is 0. The third kappa shape index (κ3) is 4.39. The van der Waals surface area contributed by atoms with Crippen molar-refractivity contribution in [2.45, 2.75) is 51.7 Å². The second-order valence-electron chi connectivity index (χ2n) is 4.94. The van der Waals surface area contributed by atoms with Gasteiger partial charge in [-0.15, -0.1) is 0 Å². The highest BCUT2D eigenvalue weighted by Crippen LogP contribution is 2.19. The van der Waals surface area contributed by atoms with E-state index in [1.807, 2.05) is 0 Å². The maximum atomic E-state index is 5.88. The molecule has 1 saturated carbocycles. The Morgan fingerprint density at radius 1 is 1.29 bits per heavy atom. The van der Waals surface area contributed by atoms with Crippen molar-refractivity contribution in [3.05, 3.63) is 29.8 Å². The van der Waals surface area contributed by atoms with Crippen LogP contribution in [0.3, 0.4) is 0 Å². The first-order valence-corrected chi connectivity index (χ1v) is 6.77. The van der Waals surface area contributed by atoms with Crippen LogP contribution in [0.25, 0.3) is 0 Å². The molecule has 0 heterocycles. The lowest BCUT2D eigenvalue weighted by Crippen LogP contribution is -2.23. The second-order valence-corrected chi connectivity index (χ2v) is 4.94. The summed E-state index contributed by atoms with van der Waals surface area (Å²) >= 11 is 0. The van der Waals surface area contributed by atoms with E-state index in [0.717, 1.165) is 31.2 Å². The average Bonchev–Trinajstić information content (AvgIpc) is 3.14. The van der Waals surface area contributed by atoms with Crippen LogP contribution in [0.15, 0.2) is 24.3 Å². The molecule has 2 nitrogen and oxygen atoms in total. The fraction of sp³-hybridized carbons (Fsp3) is 0.600. The third-order valence-corrected chi connectivity index (χ3v) is 3.23. The van der Waals surface area contributed by atoms with Crippen LogP contribution in [-0.2, 0) is 6.42 Å². The summed E-state index contributed by atoms with van der Waals surface area (Å²) < 4.78 is 5.88. The fourth-order valence-corrected chi connectivity index (χ4v) is 1.87. The van der Waals surface area contributed by atoms with E-state index < -0.39 is 0 Å². The Morgan fingerprint density at radius 3 is 2.59 bits per heavy atom. The van der Waals surface area contributed by atoms with Crippen LogP contribution in [0.5, 0.6) is 5.75 Å². The van der Waals surface area contributed by atoms with Crippen molar-refractivity contribution >= 4 is 0 Å². The number of nitrogens with one attached hydrogen (secondary N) is 1. The van der Waals surface area contributed by atoms with Gasteiger partial charge < -0.3 is 10.1 Å². The zero-order valence-electron chi connectivity index (χ0n) is 10.9. The van der Waals surface area contributed by atoms with E-state index >= 15 is 0 Å². The van der Waals surface area contributed by atoms with Crippen LogP contribution in [0.2, 0.25) is 0 Å². The Labute approximate surface area is 104 Å². The molecule has 1 unspecified atom stereocenters. The summed E-state index contributed by atoms with van der Waals surface area (Å²) in [6.07, 6.45) is 5.16. The molecule has 0 aliphatic heterocycles. The summed E-state index contributed by atoms with van der Waals surface area (Å²) in [6.45, 7) is 5.38. The molecular weight excluding hydrogens is 210 g/mol. The lowest BCUT2D eigenvalue weighted by molar-refractivity contribution is 0.210. The summed E-state index contributed by atoms with van der Waals surface area (Å²) in [5.41, 5.74) is 1.36. The van der Waals surface area contributed by atoms with Gasteiger partial charge in [-0.05, 0) is 56.8 Å². The first-order chi connectivity index (χ1) is 8.28. The maximum Gasteiger partial charge on any atom is 0.119 e. The molecule has 2 heteroatoms. The molecule has 1 aliphatic carbocycles. The Kier molecular flexibility index (Phi) is 4.43. The minimum atomic E-state index is 0.286. The highest BCUT2D eigenvalue weighted by atomic mass is 16.5. The van der Waals surface area contributed by atoms with Crippen molar-refractivity contribution in [1.82, 2.24) is 5.32 Å².